The second kappa shape index (κ2) is 5.14. The molecule has 1 aliphatic heterocycles. The Morgan fingerprint density at radius 3 is 2.50 bits per heavy atom. The summed E-state index contributed by atoms with van der Waals surface area (Å²) in [5, 5.41) is 54.7. The number of piperidine rings is 1. The van der Waals surface area contributed by atoms with E-state index in [9.17, 15) is 25.5 Å². The number of hydrogen-bond acceptors (Lipinski definition) is 6. The molecular weight excluding hydrogens is 358 g/mol. The number of nitrogens with zero attached hydrogens (tertiary/aromatic N) is 1. The predicted octanol–water partition coefficient (Wildman–Crippen LogP) is -0.0410. The van der Waals surface area contributed by atoms with Crippen molar-refractivity contribution in [2.45, 2.75) is 75.9 Å². The molecule has 28 heavy (non-hydrogen) atoms. The van der Waals surface area contributed by atoms with Crippen molar-refractivity contribution < 1.29 is 25.5 Å². The first-order valence-corrected chi connectivity index (χ1v) is 11.3. The van der Waals surface area contributed by atoms with Gasteiger partial charge in [0.1, 0.15) is 5.60 Å². The van der Waals surface area contributed by atoms with E-state index in [1.165, 1.54) is 0 Å². The summed E-state index contributed by atoms with van der Waals surface area (Å²) in [6.45, 7) is 5.66. The lowest BCUT2D eigenvalue weighted by Crippen LogP contribution is -2.74. The van der Waals surface area contributed by atoms with Gasteiger partial charge in [0.05, 0.1) is 24.9 Å². The minimum Gasteiger partial charge on any atom is -0.393 e. The normalized spacial score (nSPS) is 67.0. The molecule has 0 aromatic carbocycles. The number of hydrogen-bond donors (Lipinski definition) is 5. The van der Waals surface area contributed by atoms with E-state index < -0.39 is 23.9 Å². The fourth-order valence-corrected chi connectivity index (χ4v) is 10.5. The van der Waals surface area contributed by atoms with Crippen molar-refractivity contribution in [1.29, 1.82) is 0 Å². The molecule has 1 saturated heterocycles. The molecule has 0 amide bonds. The highest BCUT2D eigenvalue weighted by atomic mass is 16.4. The average Bonchev–Trinajstić information content (AvgIpc) is 3.10. The van der Waals surface area contributed by atoms with E-state index in [0.29, 0.717) is 18.4 Å². The molecule has 1 heterocycles. The molecule has 2 spiro atoms. The second-order valence-corrected chi connectivity index (χ2v) is 11.4. The third-order valence-corrected chi connectivity index (χ3v) is 11.2. The van der Waals surface area contributed by atoms with Gasteiger partial charge >= 0.3 is 0 Å². The highest BCUT2D eigenvalue weighted by Crippen LogP contribution is 2.83. The molecule has 7 fully saturated rings. The first-order valence-electron chi connectivity index (χ1n) is 11.3. The van der Waals surface area contributed by atoms with Gasteiger partial charge in [0.2, 0.25) is 0 Å². The molecule has 6 heteroatoms. The molecule has 6 aliphatic carbocycles. The lowest BCUT2D eigenvalue weighted by molar-refractivity contribution is -0.299. The fourth-order valence-electron chi connectivity index (χ4n) is 10.5. The Morgan fingerprint density at radius 2 is 1.82 bits per heavy atom. The maximum atomic E-state index is 11.5. The molecule has 6 nitrogen and oxygen atoms in total. The zero-order valence-electron chi connectivity index (χ0n) is 17.0. The molecule has 12 atom stereocenters. The van der Waals surface area contributed by atoms with Crippen LogP contribution in [0.5, 0.6) is 0 Å². The van der Waals surface area contributed by atoms with Gasteiger partial charge < -0.3 is 25.5 Å². The molecule has 7 aliphatic rings. The highest BCUT2D eigenvalue weighted by molar-refractivity contribution is 5.35. The Kier molecular flexibility index (Phi) is 3.40. The summed E-state index contributed by atoms with van der Waals surface area (Å²) in [7, 11) is 0. The topological polar surface area (TPSA) is 104 Å². The quantitative estimate of drug-likeness (QED) is 0.451. The summed E-state index contributed by atoms with van der Waals surface area (Å²) in [6.07, 6.45) is 1.85. The van der Waals surface area contributed by atoms with Crippen LogP contribution in [0.3, 0.4) is 0 Å². The van der Waals surface area contributed by atoms with E-state index in [1.807, 2.05) is 0 Å². The van der Waals surface area contributed by atoms with Crippen molar-refractivity contribution in [3.05, 3.63) is 0 Å². The lowest BCUT2D eigenvalue weighted by atomic mass is 9.38. The summed E-state index contributed by atoms with van der Waals surface area (Å²) >= 11 is 0. The van der Waals surface area contributed by atoms with Gasteiger partial charge in [-0.05, 0) is 67.7 Å². The smallest absolute Gasteiger partial charge is 0.117 e. The van der Waals surface area contributed by atoms with Crippen molar-refractivity contribution in [3.63, 3.8) is 0 Å². The Morgan fingerprint density at radius 1 is 1.07 bits per heavy atom. The molecule has 0 aromatic heterocycles. The van der Waals surface area contributed by atoms with Crippen LogP contribution in [0.1, 0.15) is 46.0 Å². The summed E-state index contributed by atoms with van der Waals surface area (Å²) in [5.41, 5.74) is -2.18. The molecule has 0 unspecified atom stereocenters. The SMILES string of the molecule is CCN1C[C@]2(C)[C@H](O)[C@H](O)C[C@@]34[C@@H]5C[C@@H]6CC[C@]5([C@H](O)[C@]6(O)CO)[C@@H](C[C@H]23)[C@@H]14. The van der Waals surface area contributed by atoms with Crippen molar-refractivity contribution >= 4 is 0 Å². The van der Waals surface area contributed by atoms with Crippen molar-refractivity contribution in [2.24, 2.45) is 39.9 Å². The van der Waals surface area contributed by atoms with Crippen LogP contribution in [0.15, 0.2) is 0 Å². The number of fused-ring (bicyclic) bond motifs is 2. The van der Waals surface area contributed by atoms with Gasteiger partial charge in [-0.25, -0.2) is 0 Å². The van der Waals surface area contributed by atoms with Gasteiger partial charge in [-0.2, -0.15) is 0 Å². The fraction of sp³-hybridized carbons (Fsp3) is 1.00. The van der Waals surface area contributed by atoms with Gasteiger partial charge in [0.15, 0.2) is 0 Å². The summed E-state index contributed by atoms with van der Waals surface area (Å²) < 4.78 is 0. The van der Waals surface area contributed by atoms with Crippen LogP contribution >= 0.6 is 0 Å². The maximum Gasteiger partial charge on any atom is 0.117 e. The molecule has 7 bridgehead atoms. The molecule has 158 valence electrons. The van der Waals surface area contributed by atoms with Crippen LogP contribution < -0.4 is 0 Å². The third-order valence-electron chi connectivity index (χ3n) is 11.2. The first kappa shape index (κ1) is 18.5. The molecule has 7 rings (SSSR count). The van der Waals surface area contributed by atoms with Crippen LogP contribution in [0.4, 0.5) is 0 Å². The Balaban J connectivity index is 1.56. The standard InChI is InChI=1S/C22H35NO5/c1-3-23-9-19(2)14-7-12-16(23)21(14,8-13(25)17(19)26)15-6-11-4-5-20(12,15)18(27)22(11,28)10-24/h11-18,24-28H,3-10H2,1-2H3/t11-,12-,13+,14+,15+,16+,17+,18-,19-,20-,21-,22-/m0/s1. The van der Waals surface area contributed by atoms with E-state index in [1.54, 1.807) is 0 Å². The third kappa shape index (κ3) is 1.56. The molecular formula is C22H35NO5. The number of aliphatic hydroxyl groups excluding tert-OH is 4. The lowest BCUT2D eigenvalue weighted by Gasteiger charge is -2.70. The van der Waals surface area contributed by atoms with E-state index in [2.05, 4.69) is 18.7 Å². The average molecular weight is 394 g/mol. The first-order chi connectivity index (χ1) is 13.2. The second-order valence-electron chi connectivity index (χ2n) is 11.4. The largest absolute Gasteiger partial charge is 0.393 e. The summed E-state index contributed by atoms with van der Waals surface area (Å²) in [5.74, 6) is 0.793. The van der Waals surface area contributed by atoms with E-state index >= 15 is 0 Å². The van der Waals surface area contributed by atoms with E-state index in [4.69, 9.17) is 0 Å². The van der Waals surface area contributed by atoms with Crippen molar-refractivity contribution in [1.82, 2.24) is 4.90 Å². The van der Waals surface area contributed by atoms with Gasteiger partial charge in [-0.3, -0.25) is 4.90 Å². The van der Waals surface area contributed by atoms with Crippen LogP contribution in [0, 0.1) is 39.9 Å². The predicted molar refractivity (Wildman–Crippen MR) is 101 cm³/mol. The summed E-state index contributed by atoms with van der Waals surface area (Å²) in [6, 6.07) is 0.303. The van der Waals surface area contributed by atoms with Crippen molar-refractivity contribution in [3.8, 4) is 0 Å². The van der Waals surface area contributed by atoms with Crippen LogP contribution in [-0.2, 0) is 0 Å². The van der Waals surface area contributed by atoms with Gasteiger partial charge in [0, 0.05) is 23.4 Å². The van der Waals surface area contributed by atoms with E-state index in [-0.39, 0.29) is 40.6 Å². The van der Waals surface area contributed by atoms with Crippen molar-refractivity contribution in [2.75, 3.05) is 19.7 Å². The minimum absolute atomic E-state index is 0.0841. The molecule has 6 saturated carbocycles. The minimum atomic E-state index is -1.39. The number of likely N-dealkylation sites (tertiary alicyclic amines) is 1. The maximum absolute atomic E-state index is 11.5. The zero-order valence-corrected chi connectivity index (χ0v) is 17.0. The van der Waals surface area contributed by atoms with Gasteiger partial charge in [0.25, 0.3) is 0 Å². The van der Waals surface area contributed by atoms with Crippen LogP contribution in [0.2, 0.25) is 0 Å². The Labute approximate surface area is 166 Å². The van der Waals surface area contributed by atoms with Gasteiger partial charge in [-0.15, -0.1) is 0 Å². The van der Waals surface area contributed by atoms with Gasteiger partial charge in [-0.1, -0.05) is 13.8 Å². The molecule has 0 aromatic rings. The van der Waals surface area contributed by atoms with Crippen LogP contribution in [0.25, 0.3) is 0 Å². The summed E-state index contributed by atoms with van der Waals surface area (Å²) in [4.78, 5) is 2.52. The zero-order chi connectivity index (χ0) is 19.9. The van der Waals surface area contributed by atoms with E-state index in [0.717, 1.165) is 38.8 Å². The Hall–Kier alpha value is -0.240. The number of rotatable bonds is 2. The van der Waals surface area contributed by atoms with Crippen LogP contribution in [-0.4, -0.2) is 80.1 Å². The number of aliphatic hydroxyl groups is 5. The highest BCUT2D eigenvalue weighted by Gasteiger charge is 2.85. The monoisotopic (exact) mass is 393 g/mol. The molecule has 0 radical (unpaired) electrons. The Bertz CT molecular complexity index is 719. The molecule has 5 N–H and O–H groups in total.